The second-order valence-corrected chi connectivity index (χ2v) is 10.8. The fraction of sp³-hybridized carbons (Fsp3) is 0.636. The largest absolute Gasteiger partial charge is 0.349 e. The van der Waals surface area contributed by atoms with Crippen LogP contribution in [0.3, 0.4) is 0 Å². The number of hydrogen-bond acceptors (Lipinski definition) is 4. The number of sulfonamides is 1. The summed E-state index contributed by atoms with van der Waals surface area (Å²) in [5.41, 5.74) is 1.06. The summed E-state index contributed by atoms with van der Waals surface area (Å²) in [6.45, 7) is 2.86. The molecule has 0 aromatic heterocycles. The quantitative estimate of drug-likeness (QED) is 0.816. The van der Waals surface area contributed by atoms with Crippen molar-refractivity contribution in [2.75, 3.05) is 11.4 Å². The Balaban J connectivity index is 1.39. The van der Waals surface area contributed by atoms with E-state index >= 15 is 0 Å². The lowest BCUT2D eigenvalue weighted by Gasteiger charge is -2.30. The Hall–Kier alpha value is -1.89. The number of amidine groups is 1. The molecule has 4 aliphatic rings. The van der Waals surface area contributed by atoms with Crippen LogP contribution in [0.4, 0.5) is 5.69 Å². The van der Waals surface area contributed by atoms with Crippen LogP contribution in [-0.2, 0) is 10.0 Å². The van der Waals surface area contributed by atoms with Crippen LogP contribution in [0.25, 0.3) is 0 Å². The smallest absolute Gasteiger partial charge is 0.286 e. The van der Waals surface area contributed by atoms with Crippen molar-refractivity contribution >= 4 is 27.5 Å². The number of carbonyl (C=O) groups is 1. The molecule has 2 bridgehead atoms. The molecule has 156 valence electrons. The highest BCUT2D eigenvalue weighted by Crippen LogP contribution is 2.49. The van der Waals surface area contributed by atoms with Gasteiger partial charge >= 0.3 is 0 Å². The van der Waals surface area contributed by atoms with E-state index in [0.717, 1.165) is 37.6 Å². The van der Waals surface area contributed by atoms with Gasteiger partial charge in [-0.25, -0.2) is 0 Å². The zero-order valence-electron chi connectivity index (χ0n) is 16.9. The number of rotatable bonds is 3. The number of fused-ring (bicyclic) bond motifs is 5. The molecule has 6 nitrogen and oxygen atoms in total. The van der Waals surface area contributed by atoms with Gasteiger partial charge in [0.1, 0.15) is 10.7 Å². The number of anilines is 1. The van der Waals surface area contributed by atoms with Crippen molar-refractivity contribution in [3.63, 3.8) is 0 Å². The summed E-state index contributed by atoms with van der Waals surface area (Å²) in [6, 6.07) is 5.16. The molecule has 5 rings (SSSR count). The van der Waals surface area contributed by atoms with Crippen molar-refractivity contribution in [2.45, 2.75) is 69.2 Å². The molecule has 1 saturated heterocycles. The van der Waals surface area contributed by atoms with Crippen LogP contribution in [-0.4, -0.2) is 32.7 Å². The second kappa shape index (κ2) is 7.11. The highest BCUT2D eigenvalue weighted by molar-refractivity contribution is 7.90. The Morgan fingerprint density at radius 2 is 2.07 bits per heavy atom. The van der Waals surface area contributed by atoms with Gasteiger partial charge in [-0.05, 0) is 75.0 Å². The maximum atomic E-state index is 12.9. The van der Waals surface area contributed by atoms with Gasteiger partial charge in [0, 0.05) is 24.6 Å². The first-order valence-corrected chi connectivity index (χ1v) is 12.4. The molecule has 1 N–H and O–H groups in total. The SMILES string of the molecule is C[C@H](NC(=O)c1ccc2c(c1)S(=O)(=O)N=C1CCCCCN12)[C@H]1C[C@H]2CC[C@H]1C2. The fourth-order valence-electron chi connectivity index (χ4n) is 5.92. The normalized spacial score (nSPS) is 30.7. The molecule has 0 unspecified atom stereocenters. The predicted molar refractivity (Wildman–Crippen MR) is 113 cm³/mol. The lowest BCUT2D eigenvalue weighted by atomic mass is 9.84. The number of amides is 1. The first-order chi connectivity index (χ1) is 13.9. The third kappa shape index (κ3) is 3.37. The van der Waals surface area contributed by atoms with Gasteiger partial charge in [0.2, 0.25) is 0 Å². The maximum absolute atomic E-state index is 12.9. The summed E-state index contributed by atoms with van der Waals surface area (Å²) >= 11 is 0. The summed E-state index contributed by atoms with van der Waals surface area (Å²) in [5.74, 6) is 2.55. The van der Waals surface area contributed by atoms with Crippen molar-refractivity contribution in [3.05, 3.63) is 23.8 Å². The Kier molecular flexibility index (Phi) is 4.68. The van der Waals surface area contributed by atoms with Crippen LogP contribution < -0.4 is 10.2 Å². The van der Waals surface area contributed by atoms with Gasteiger partial charge in [0.05, 0.1) is 5.69 Å². The third-order valence-corrected chi connectivity index (χ3v) is 8.74. The molecule has 7 heteroatoms. The molecule has 1 amide bonds. The van der Waals surface area contributed by atoms with Crippen molar-refractivity contribution < 1.29 is 13.2 Å². The van der Waals surface area contributed by atoms with Gasteiger partial charge in [-0.15, -0.1) is 4.40 Å². The standard InChI is InChI=1S/C22H29N3O3S/c1-14(18-12-15-6-7-16(18)11-15)23-22(26)17-8-9-19-20(13-17)29(27,28)24-21-5-3-2-4-10-25(19)21/h8-9,13-16,18H,2-7,10-12H2,1H3,(H,23,26)/t14-,15-,16-,18+/m0/s1. The van der Waals surface area contributed by atoms with Crippen LogP contribution in [0.2, 0.25) is 0 Å². The van der Waals surface area contributed by atoms with Crippen molar-refractivity contribution in [2.24, 2.45) is 22.2 Å². The maximum Gasteiger partial charge on any atom is 0.286 e. The average Bonchev–Trinajstić information content (AvgIpc) is 3.25. The summed E-state index contributed by atoms with van der Waals surface area (Å²) in [7, 11) is -3.77. The predicted octanol–water partition coefficient (Wildman–Crippen LogP) is 3.72. The minimum atomic E-state index is -3.77. The number of nitrogens with one attached hydrogen (secondary N) is 1. The van der Waals surface area contributed by atoms with Crippen LogP contribution in [0.15, 0.2) is 27.5 Å². The molecule has 2 saturated carbocycles. The van der Waals surface area contributed by atoms with E-state index in [1.54, 1.807) is 12.1 Å². The molecule has 1 aromatic carbocycles. The van der Waals surface area contributed by atoms with Crippen LogP contribution in [0.1, 0.15) is 68.6 Å². The van der Waals surface area contributed by atoms with Gasteiger partial charge in [-0.2, -0.15) is 8.42 Å². The molecule has 0 spiro atoms. The monoisotopic (exact) mass is 415 g/mol. The molecular formula is C22H29N3O3S. The molecule has 0 radical (unpaired) electrons. The number of hydrogen-bond donors (Lipinski definition) is 1. The lowest BCUT2D eigenvalue weighted by Crippen LogP contribution is -2.40. The zero-order valence-corrected chi connectivity index (χ0v) is 17.7. The summed E-state index contributed by atoms with van der Waals surface area (Å²) in [4.78, 5) is 15.1. The van der Waals surface area contributed by atoms with Crippen molar-refractivity contribution in [3.8, 4) is 0 Å². The van der Waals surface area contributed by atoms with Gasteiger partial charge in [-0.3, -0.25) is 4.79 Å². The Morgan fingerprint density at radius 1 is 1.21 bits per heavy atom. The topological polar surface area (TPSA) is 78.8 Å². The Bertz CT molecular complexity index is 972. The second-order valence-electron chi connectivity index (χ2n) is 9.23. The minimum Gasteiger partial charge on any atom is -0.349 e. The minimum absolute atomic E-state index is 0.112. The van der Waals surface area contributed by atoms with Crippen LogP contribution in [0, 0.1) is 17.8 Å². The van der Waals surface area contributed by atoms with E-state index in [9.17, 15) is 13.2 Å². The van der Waals surface area contributed by atoms with E-state index < -0.39 is 10.0 Å². The van der Waals surface area contributed by atoms with E-state index in [2.05, 4.69) is 16.6 Å². The van der Waals surface area contributed by atoms with Crippen LogP contribution >= 0.6 is 0 Å². The van der Waals surface area contributed by atoms with E-state index in [1.165, 1.54) is 31.7 Å². The first kappa shape index (κ1) is 19.1. The highest BCUT2D eigenvalue weighted by atomic mass is 32.2. The number of benzene rings is 1. The summed E-state index contributed by atoms with van der Waals surface area (Å²) in [6.07, 6.45) is 8.86. The molecule has 29 heavy (non-hydrogen) atoms. The molecule has 2 aliphatic carbocycles. The zero-order chi connectivity index (χ0) is 20.2. The molecule has 1 aromatic rings. The van der Waals surface area contributed by atoms with Gasteiger partial charge in [-0.1, -0.05) is 12.8 Å². The molecule has 2 heterocycles. The van der Waals surface area contributed by atoms with Gasteiger partial charge in [0.15, 0.2) is 0 Å². The highest BCUT2D eigenvalue weighted by Gasteiger charge is 2.42. The van der Waals surface area contributed by atoms with E-state index in [4.69, 9.17) is 0 Å². The molecule has 2 aliphatic heterocycles. The van der Waals surface area contributed by atoms with Crippen molar-refractivity contribution in [1.82, 2.24) is 5.32 Å². The third-order valence-electron chi connectivity index (χ3n) is 7.40. The van der Waals surface area contributed by atoms with Crippen LogP contribution in [0.5, 0.6) is 0 Å². The summed E-state index contributed by atoms with van der Waals surface area (Å²) in [5, 5.41) is 3.14. The molecular weight excluding hydrogens is 386 g/mol. The Labute approximate surface area is 172 Å². The lowest BCUT2D eigenvalue weighted by molar-refractivity contribution is 0.0915. The molecule has 3 fully saturated rings. The van der Waals surface area contributed by atoms with Gasteiger partial charge in [0.25, 0.3) is 15.9 Å². The summed E-state index contributed by atoms with van der Waals surface area (Å²) < 4.78 is 29.6. The molecule has 4 atom stereocenters. The van der Waals surface area contributed by atoms with E-state index in [0.29, 0.717) is 29.4 Å². The van der Waals surface area contributed by atoms with Gasteiger partial charge < -0.3 is 10.2 Å². The van der Waals surface area contributed by atoms with Crippen molar-refractivity contribution in [1.29, 1.82) is 0 Å². The van der Waals surface area contributed by atoms with E-state index in [-0.39, 0.29) is 16.8 Å². The fourth-order valence-corrected chi connectivity index (χ4v) is 7.21. The van der Waals surface area contributed by atoms with E-state index in [1.807, 2.05) is 4.90 Å². The number of carbonyl (C=O) groups excluding carboxylic acids is 1. The Morgan fingerprint density at radius 3 is 2.83 bits per heavy atom. The first-order valence-electron chi connectivity index (χ1n) is 11.0. The number of nitrogens with zero attached hydrogens (tertiary/aromatic N) is 2. The average molecular weight is 416 g/mol.